The van der Waals surface area contributed by atoms with Crippen LogP contribution in [0.15, 0.2) is 0 Å². The van der Waals surface area contributed by atoms with Gasteiger partial charge in [-0.2, -0.15) is 0 Å². The van der Waals surface area contributed by atoms with Crippen LogP contribution in [0.3, 0.4) is 0 Å². The molecule has 0 radical (unpaired) electrons. The third kappa shape index (κ3) is 15.3. The molecule has 0 heterocycles. The van der Waals surface area contributed by atoms with Gasteiger partial charge in [-0.3, -0.25) is 4.79 Å². The lowest BCUT2D eigenvalue weighted by atomic mass is 10.1. The Morgan fingerprint density at radius 1 is 1.22 bits per heavy atom. The number of primary amides is 1. The number of nitrogens with two attached hydrogens (primary N) is 1. The van der Waals surface area contributed by atoms with Crippen molar-refractivity contribution in [2.24, 2.45) is 5.73 Å². The van der Waals surface area contributed by atoms with Gasteiger partial charge in [0.15, 0.2) is 0 Å². The zero-order valence-electron chi connectivity index (χ0n) is 14.6. The minimum Gasteiger partial charge on any atom is -0.444 e. The van der Waals surface area contributed by atoms with Crippen LogP contribution in [-0.4, -0.2) is 63.7 Å². The van der Waals surface area contributed by atoms with Gasteiger partial charge < -0.3 is 30.6 Å². The SMILES string of the molecule is COCC(CCCNC(=O)OC(C)(C)C)NCCOCC(N)=O. The van der Waals surface area contributed by atoms with Crippen molar-refractivity contribution in [1.82, 2.24) is 10.6 Å². The van der Waals surface area contributed by atoms with Crippen molar-refractivity contribution in [2.75, 3.05) is 40.0 Å². The second kappa shape index (κ2) is 12.1. The summed E-state index contributed by atoms with van der Waals surface area (Å²) in [7, 11) is 1.64. The van der Waals surface area contributed by atoms with E-state index in [1.165, 1.54) is 0 Å². The number of amides is 2. The molecule has 0 saturated heterocycles. The van der Waals surface area contributed by atoms with E-state index in [0.29, 0.717) is 26.3 Å². The smallest absolute Gasteiger partial charge is 0.407 e. The molecule has 0 aliphatic carbocycles. The predicted octanol–water partition coefficient (Wildman–Crippen LogP) is 0.398. The summed E-state index contributed by atoms with van der Waals surface area (Å²) in [4.78, 5) is 22.0. The first-order valence-corrected chi connectivity index (χ1v) is 7.80. The van der Waals surface area contributed by atoms with Crippen molar-refractivity contribution in [3.8, 4) is 0 Å². The number of hydrogen-bond donors (Lipinski definition) is 3. The number of hydrogen-bond acceptors (Lipinski definition) is 6. The van der Waals surface area contributed by atoms with Crippen molar-refractivity contribution in [1.29, 1.82) is 0 Å². The Labute approximate surface area is 138 Å². The summed E-state index contributed by atoms with van der Waals surface area (Å²) in [6, 6.07) is 0.151. The number of methoxy groups -OCH3 is 1. The Morgan fingerprint density at radius 3 is 2.48 bits per heavy atom. The van der Waals surface area contributed by atoms with Gasteiger partial charge in [-0.15, -0.1) is 0 Å². The number of nitrogens with one attached hydrogen (secondary N) is 2. The molecule has 0 aromatic heterocycles. The number of ether oxygens (including phenoxy) is 3. The summed E-state index contributed by atoms with van der Waals surface area (Å²) < 4.78 is 15.4. The molecule has 0 fully saturated rings. The second-order valence-corrected chi connectivity index (χ2v) is 6.20. The molecule has 0 rings (SSSR count). The van der Waals surface area contributed by atoms with Gasteiger partial charge in [-0.1, -0.05) is 0 Å². The van der Waals surface area contributed by atoms with Crippen LogP contribution >= 0.6 is 0 Å². The summed E-state index contributed by atoms with van der Waals surface area (Å²) in [6.45, 7) is 7.50. The van der Waals surface area contributed by atoms with Crippen LogP contribution in [-0.2, 0) is 19.0 Å². The topological polar surface area (TPSA) is 112 Å². The summed E-state index contributed by atoms with van der Waals surface area (Å²) in [5.74, 6) is -0.480. The predicted molar refractivity (Wildman–Crippen MR) is 87.2 cm³/mol. The highest BCUT2D eigenvalue weighted by atomic mass is 16.6. The van der Waals surface area contributed by atoms with Crippen molar-refractivity contribution in [3.05, 3.63) is 0 Å². The number of carbonyl (C=O) groups excluding carboxylic acids is 2. The van der Waals surface area contributed by atoms with Crippen LogP contribution in [0.5, 0.6) is 0 Å². The van der Waals surface area contributed by atoms with E-state index in [9.17, 15) is 9.59 Å². The van der Waals surface area contributed by atoms with E-state index in [0.717, 1.165) is 12.8 Å². The van der Waals surface area contributed by atoms with Crippen LogP contribution < -0.4 is 16.4 Å². The maximum atomic E-state index is 11.5. The molecule has 0 spiro atoms. The molecule has 1 unspecified atom stereocenters. The lowest BCUT2D eigenvalue weighted by molar-refractivity contribution is -0.122. The van der Waals surface area contributed by atoms with Crippen LogP contribution in [0.25, 0.3) is 0 Å². The van der Waals surface area contributed by atoms with Crippen molar-refractivity contribution in [3.63, 3.8) is 0 Å². The maximum absolute atomic E-state index is 11.5. The van der Waals surface area contributed by atoms with E-state index < -0.39 is 17.6 Å². The summed E-state index contributed by atoms with van der Waals surface area (Å²) >= 11 is 0. The first-order valence-electron chi connectivity index (χ1n) is 7.80. The molecule has 0 saturated carbocycles. The quantitative estimate of drug-likeness (QED) is 0.446. The fraction of sp³-hybridized carbons (Fsp3) is 0.867. The number of rotatable bonds is 12. The summed E-state index contributed by atoms with van der Waals surface area (Å²) in [5, 5.41) is 5.99. The van der Waals surface area contributed by atoms with E-state index in [1.54, 1.807) is 7.11 Å². The molecule has 1 atom stereocenters. The standard InChI is InChI=1S/C15H31N3O5/c1-15(2,3)23-14(20)18-7-5-6-12(10-21-4)17-8-9-22-11-13(16)19/h12,17H,5-11H2,1-4H3,(H2,16,19)(H,18,20). The molecule has 8 nitrogen and oxygen atoms in total. The molecule has 8 heteroatoms. The van der Waals surface area contributed by atoms with Crippen molar-refractivity contribution in [2.45, 2.75) is 45.3 Å². The van der Waals surface area contributed by atoms with Gasteiger partial charge in [-0.05, 0) is 33.6 Å². The van der Waals surface area contributed by atoms with Crippen LogP contribution in [0.4, 0.5) is 4.79 Å². The first-order chi connectivity index (χ1) is 10.7. The Bertz CT molecular complexity index is 344. The number of alkyl carbamates (subject to hydrolysis) is 1. The fourth-order valence-corrected chi connectivity index (χ4v) is 1.81. The Hall–Kier alpha value is -1.38. The first kappa shape index (κ1) is 21.6. The van der Waals surface area contributed by atoms with Gasteiger partial charge in [0.05, 0.1) is 13.2 Å². The van der Waals surface area contributed by atoms with Gasteiger partial charge in [0.1, 0.15) is 12.2 Å². The molecule has 23 heavy (non-hydrogen) atoms. The summed E-state index contributed by atoms with van der Waals surface area (Å²) in [6.07, 6.45) is 1.22. The maximum Gasteiger partial charge on any atom is 0.407 e. The minimum atomic E-state index is -0.491. The van der Waals surface area contributed by atoms with E-state index in [-0.39, 0.29) is 12.6 Å². The highest BCUT2D eigenvalue weighted by molar-refractivity contribution is 5.74. The molecular formula is C15H31N3O5. The normalized spacial score (nSPS) is 12.7. The molecule has 136 valence electrons. The Morgan fingerprint density at radius 2 is 1.91 bits per heavy atom. The average Bonchev–Trinajstić information content (AvgIpc) is 2.40. The van der Waals surface area contributed by atoms with E-state index in [1.807, 2.05) is 20.8 Å². The molecular weight excluding hydrogens is 302 g/mol. The average molecular weight is 333 g/mol. The zero-order valence-corrected chi connectivity index (χ0v) is 14.6. The van der Waals surface area contributed by atoms with Gasteiger partial charge >= 0.3 is 6.09 Å². The van der Waals surface area contributed by atoms with Gasteiger partial charge in [0.2, 0.25) is 5.91 Å². The zero-order chi connectivity index (χ0) is 17.7. The second-order valence-electron chi connectivity index (χ2n) is 6.20. The fourth-order valence-electron chi connectivity index (χ4n) is 1.81. The van der Waals surface area contributed by atoms with E-state index in [2.05, 4.69) is 10.6 Å². The molecule has 2 amide bonds. The molecule has 0 bridgehead atoms. The molecule has 0 aliphatic rings. The highest BCUT2D eigenvalue weighted by Gasteiger charge is 2.15. The van der Waals surface area contributed by atoms with Crippen LogP contribution in [0, 0.1) is 0 Å². The van der Waals surface area contributed by atoms with E-state index in [4.69, 9.17) is 19.9 Å². The molecule has 0 aliphatic heterocycles. The third-order valence-corrected chi connectivity index (χ3v) is 2.69. The van der Waals surface area contributed by atoms with Gasteiger partial charge in [0.25, 0.3) is 0 Å². The number of carbonyl (C=O) groups is 2. The van der Waals surface area contributed by atoms with Crippen LogP contribution in [0.2, 0.25) is 0 Å². The van der Waals surface area contributed by atoms with Gasteiger partial charge in [-0.25, -0.2) is 4.79 Å². The highest BCUT2D eigenvalue weighted by Crippen LogP contribution is 2.06. The molecule has 0 aromatic rings. The van der Waals surface area contributed by atoms with Gasteiger partial charge in [0, 0.05) is 26.2 Å². The van der Waals surface area contributed by atoms with Crippen molar-refractivity contribution < 1.29 is 23.8 Å². The molecule has 0 aromatic carbocycles. The largest absolute Gasteiger partial charge is 0.444 e. The monoisotopic (exact) mass is 333 g/mol. The van der Waals surface area contributed by atoms with Crippen LogP contribution in [0.1, 0.15) is 33.6 Å². The lowest BCUT2D eigenvalue weighted by Crippen LogP contribution is -2.37. The Balaban J connectivity index is 3.79. The summed E-state index contributed by atoms with van der Waals surface area (Å²) in [5.41, 5.74) is 4.49. The minimum absolute atomic E-state index is 0.0730. The molecule has 4 N–H and O–H groups in total. The van der Waals surface area contributed by atoms with Crippen molar-refractivity contribution >= 4 is 12.0 Å². The lowest BCUT2D eigenvalue weighted by Gasteiger charge is -2.20. The Kier molecular flexibility index (Phi) is 11.4. The van der Waals surface area contributed by atoms with E-state index >= 15 is 0 Å². The third-order valence-electron chi connectivity index (χ3n) is 2.69.